The van der Waals surface area contributed by atoms with Gasteiger partial charge < -0.3 is 14.8 Å². The number of amides is 1. The summed E-state index contributed by atoms with van der Waals surface area (Å²) in [5.74, 6) is 1.06. The predicted octanol–water partition coefficient (Wildman–Crippen LogP) is 2.14. The maximum absolute atomic E-state index is 12.4. The number of aryl methyl sites for hydroxylation is 1. The summed E-state index contributed by atoms with van der Waals surface area (Å²) in [5, 5.41) is 7.09. The van der Waals surface area contributed by atoms with E-state index in [0.717, 1.165) is 16.8 Å². The van der Waals surface area contributed by atoms with Gasteiger partial charge in [0.05, 0.1) is 11.9 Å². The largest absolute Gasteiger partial charge is 0.454 e. The van der Waals surface area contributed by atoms with Crippen molar-refractivity contribution >= 4 is 5.91 Å². The molecule has 0 spiro atoms. The van der Waals surface area contributed by atoms with E-state index in [1.165, 1.54) is 0 Å². The first-order chi connectivity index (χ1) is 12.2. The van der Waals surface area contributed by atoms with Crippen molar-refractivity contribution in [3.8, 4) is 22.8 Å². The number of rotatable bonds is 4. The zero-order valence-electron chi connectivity index (χ0n) is 13.6. The van der Waals surface area contributed by atoms with Crippen LogP contribution in [0.1, 0.15) is 15.9 Å². The Morgan fingerprint density at radius 3 is 3.00 bits per heavy atom. The molecule has 0 unspecified atom stereocenters. The van der Waals surface area contributed by atoms with Gasteiger partial charge in [0.1, 0.15) is 0 Å². The summed E-state index contributed by atoms with van der Waals surface area (Å²) < 4.78 is 12.3. The highest BCUT2D eigenvalue weighted by Gasteiger charge is 2.16. The molecule has 0 fully saturated rings. The molecule has 1 aliphatic heterocycles. The van der Waals surface area contributed by atoms with Gasteiger partial charge in [0, 0.05) is 37.1 Å². The summed E-state index contributed by atoms with van der Waals surface area (Å²) in [7, 11) is 1.85. The molecule has 1 amide bonds. The molecular weight excluding hydrogens is 320 g/mol. The Bertz CT molecular complexity index is 936. The highest BCUT2D eigenvalue weighted by molar-refractivity contribution is 5.95. The molecule has 25 heavy (non-hydrogen) atoms. The van der Waals surface area contributed by atoms with Gasteiger partial charge in [0.15, 0.2) is 11.5 Å². The number of nitrogens with one attached hydrogen (secondary N) is 1. The van der Waals surface area contributed by atoms with Gasteiger partial charge >= 0.3 is 0 Å². The minimum Gasteiger partial charge on any atom is -0.454 e. The Kier molecular flexibility index (Phi) is 3.81. The molecule has 2 aromatic heterocycles. The maximum Gasteiger partial charge on any atom is 0.251 e. The smallest absolute Gasteiger partial charge is 0.251 e. The first-order valence-electron chi connectivity index (χ1n) is 7.81. The lowest BCUT2D eigenvalue weighted by atomic mass is 10.1. The van der Waals surface area contributed by atoms with Crippen molar-refractivity contribution in [3.63, 3.8) is 0 Å². The second-order valence-electron chi connectivity index (χ2n) is 5.66. The van der Waals surface area contributed by atoms with E-state index in [9.17, 15) is 4.79 Å². The van der Waals surface area contributed by atoms with E-state index in [0.29, 0.717) is 23.6 Å². The number of benzene rings is 1. The van der Waals surface area contributed by atoms with Gasteiger partial charge in [0.2, 0.25) is 6.79 Å². The van der Waals surface area contributed by atoms with E-state index >= 15 is 0 Å². The molecule has 0 bridgehead atoms. The number of hydrogen-bond acceptors (Lipinski definition) is 5. The molecule has 3 aromatic rings. The fourth-order valence-corrected chi connectivity index (χ4v) is 2.70. The number of nitrogens with zero attached hydrogens (tertiary/aromatic N) is 3. The summed E-state index contributed by atoms with van der Waals surface area (Å²) in [4.78, 5) is 16.8. The van der Waals surface area contributed by atoms with Crippen LogP contribution in [0.25, 0.3) is 11.3 Å². The lowest BCUT2D eigenvalue weighted by Crippen LogP contribution is -2.23. The van der Waals surface area contributed by atoms with Crippen LogP contribution in [0.2, 0.25) is 0 Å². The molecule has 7 nitrogen and oxygen atoms in total. The molecule has 0 atom stereocenters. The van der Waals surface area contributed by atoms with Gasteiger partial charge in [-0.3, -0.25) is 14.5 Å². The lowest BCUT2D eigenvalue weighted by molar-refractivity contribution is 0.0950. The molecule has 7 heteroatoms. The molecule has 1 aromatic carbocycles. The molecule has 0 aliphatic carbocycles. The third kappa shape index (κ3) is 3.03. The summed E-state index contributed by atoms with van der Waals surface area (Å²) in [6, 6.07) is 8.93. The van der Waals surface area contributed by atoms with Crippen molar-refractivity contribution in [2.24, 2.45) is 7.05 Å². The highest BCUT2D eigenvalue weighted by atomic mass is 16.7. The van der Waals surface area contributed by atoms with Crippen LogP contribution in [-0.4, -0.2) is 27.5 Å². The average molecular weight is 336 g/mol. The van der Waals surface area contributed by atoms with Gasteiger partial charge in [-0.25, -0.2) is 0 Å². The van der Waals surface area contributed by atoms with Crippen LogP contribution in [0.4, 0.5) is 0 Å². The van der Waals surface area contributed by atoms with Crippen molar-refractivity contribution in [1.82, 2.24) is 20.1 Å². The van der Waals surface area contributed by atoms with Crippen LogP contribution in [-0.2, 0) is 13.6 Å². The summed E-state index contributed by atoms with van der Waals surface area (Å²) >= 11 is 0. The number of aromatic nitrogens is 3. The van der Waals surface area contributed by atoms with Crippen LogP contribution < -0.4 is 14.8 Å². The number of hydrogen-bond donors (Lipinski definition) is 1. The van der Waals surface area contributed by atoms with Gasteiger partial charge in [-0.1, -0.05) is 6.07 Å². The van der Waals surface area contributed by atoms with E-state index in [2.05, 4.69) is 15.4 Å². The number of fused-ring (bicyclic) bond motifs is 1. The van der Waals surface area contributed by atoms with Crippen molar-refractivity contribution in [3.05, 3.63) is 60.0 Å². The molecule has 1 N–H and O–H groups in total. The summed E-state index contributed by atoms with van der Waals surface area (Å²) in [6.07, 6.45) is 5.38. The third-order valence-corrected chi connectivity index (χ3v) is 3.94. The molecule has 0 saturated carbocycles. The molecule has 0 saturated heterocycles. The van der Waals surface area contributed by atoms with Gasteiger partial charge in [-0.2, -0.15) is 5.10 Å². The van der Waals surface area contributed by atoms with Crippen LogP contribution in [0.5, 0.6) is 11.5 Å². The first kappa shape index (κ1) is 15.2. The number of carbonyl (C=O) groups excluding carboxylic acids is 1. The van der Waals surface area contributed by atoms with Gasteiger partial charge in [-0.15, -0.1) is 0 Å². The van der Waals surface area contributed by atoms with Crippen molar-refractivity contribution < 1.29 is 14.3 Å². The van der Waals surface area contributed by atoms with Crippen LogP contribution in [0.3, 0.4) is 0 Å². The molecule has 126 valence electrons. The highest BCUT2D eigenvalue weighted by Crippen LogP contribution is 2.32. The Morgan fingerprint density at radius 2 is 2.16 bits per heavy atom. The second kappa shape index (κ2) is 6.27. The third-order valence-electron chi connectivity index (χ3n) is 3.94. The fraction of sp³-hybridized carbons (Fsp3) is 0.167. The van der Waals surface area contributed by atoms with Crippen molar-refractivity contribution in [2.75, 3.05) is 6.79 Å². The number of ether oxygens (including phenoxy) is 2. The molecule has 1 aliphatic rings. The monoisotopic (exact) mass is 336 g/mol. The predicted molar refractivity (Wildman–Crippen MR) is 90.2 cm³/mol. The molecular formula is C18H16N4O3. The van der Waals surface area contributed by atoms with E-state index in [-0.39, 0.29) is 12.7 Å². The van der Waals surface area contributed by atoms with E-state index in [4.69, 9.17) is 9.47 Å². The summed E-state index contributed by atoms with van der Waals surface area (Å²) in [5.41, 5.74) is 3.16. The van der Waals surface area contributed by atoms with Crippen LogP contribution >= 0.6 is 0 Å². The second-order valence-corrected chi connectivity index (χ2v) is 5.66. The maximum atomic E-state index is 12.4. The molecule has 0 radical (unpaired) electrons. The van der Waals surface area contributed by atoms with Crippen LogP contribution in [0, 0.1) is 0 Å². The van der Waals surface area contributed by atoms with Crippen LogP contribution in [0.15, 0.2) is 48.9 Å². The average Bonchev–Trinajstić information content (AvgIpc) is 3.28. The van der Waals surface area contributed by atoms with Crippen molar-refractivity contribution in [1.29, 1.82) is 0 Å². The lowest BCUT2D eigenvalue weighted by Gasteiger charge is -2.09. The van der Waals surface area contributed by atoms with E-state index in [1.807, 2.05) is 25.4 Å². The number of carbonyl (C=O) groups is 1. The Morgan fingerprint density at radius 1 is 1.28 bits per heavy atom. The quantitative estimate of drug-likeness (QED) is 0.790. The van der Waals surface area contributed by atoms with Gasteiger partial charge in [-0.05, 0) is 29.8 Å². The zero-order valence-corrected chi connectivity index (χ0v) is 13.6. The van der Waals surface area contributed by atoms with E-state index < -0.39 is 0 Å². The minimum absolute atomic E-state index is 0.181. The topological polar surface area (TPSA) is 78.3 Å². The van der Waals surface area contributed by atoms with Gasteiger partial charge in [0.25, 0.3) is 5.91 Å². The first-order valence-corrected chi connectivity index (χ1v) is 7.81. The zero-order chi connectivity index (χ0) is 17.2. The van der Waals surface area contributed by atoms with E-state index in [1.54, 1.807) is 35.3 Å². The SMILES string of the molecule is Cn1cc(-c2ncccc2CNC(=O)c2ccc3c(c2)OCO3)cn1. The summed E-state index contributed by atoms with van der Waals surface area (Å²) in [6.45, 7) is 0.551. The molecule has 4 rings (SSSR count). The molecule has 3 heterocycles. The van der Waals surface area contributed by atoms with Crippen molar-refractivity contribution in [2.45, 2.75) is 6.54 Å². The number of pyridine rings is 1. The minimum atomic E-state index is -0.181. The standard InChI is InChI=1S/C18H16N4O3/c1-22-10-14(9-21-22)17-13(3-2-6-19-17)8-20-18(23)12-4-5-15-16(7-12)25-11-24-15/h2-7,9-10H,8,11H2,1H3,(H,20,23). The Balaban J connectivity index is 1.51. The normalized spacial score (nSPS) is 12.2. The Hall–Kier alpha value is -3.35. The fourth-order valence-electron chi connectivity index (χ4n) is 2.70. The Labute approximate surface area is 144 Å².